The highest BCUT2D eigenvalue weighted by molar-refractivity contribution is 5.79. The molecule has 0 radical (unpaired) electrons. The third-order valence-corrected chi connectivity index (χ3v) is 3.37. The van der Waals surface area contributed by atoms with Gasteiger partial charge in [0, 0.05) is 18.0 Å². The predicted molar refractivity (Wildman–Crippen MR) is 77.9 cm³/mol. The molecular weight excluding hydrogens is 254 g/mol. The van der Waals surface area contributed by atoms with Gasteiger partial charge in [-0.2, -0.15) is 0 Å². The second kappa shape index (κ2) is 5.44. The number of benzene rings is 1. The fraction of sp³-hybridized carbons (Fsp3) is 0.562. The van der Waals surface area contributed by atoms with Crippen LogP contribution in [0.3, 0.4) is 0 Å². The normalized spacial score (nSPS) is 17.5. The number of hydrogen-bond donors (Lipinski definition) is 1. The first kappa shape index (κ1) is 14.9. The molecule has 1 heterocycles. The quantitative estimate of drug-likeness (QED) is 0.859. The third kappa shape index (κ3) is 2.96. The first-order valence-electron chi connectivity index (χ1n) is 6.99. The lowest BCUT2D eigenvalue weighted by atomic mass is 9.98. The predicted octanol–water partition coefficient (Wildman–Crippen LogP) is 2.61. The Kier molecular flexibility index (Phi) is 4.04. The van der Waals surface area contributed by atoms with Crippen LogP contribution in [0, 0.1) is 0 Å². The Hall–Kier alpha value is -1.55. The molecule has 1 aromatic rings. The van der Waals surface area contributed by atoms with Crippen LogP contribution < -0.4 is 10.1 Å². The van der Waals surface area contributed by atoms with Crippen LogP contribution in [-0.2, 0) is 16.0 Å². The molecule has 1 unspecified atom stereocenters. The number of fused-ring (bicyclic) bond motifs is 1. The fourth-order valence-corrected chi connectivity index (χ4v) is 2.60. The van der Waals surface area contributed by atoms with Crippen molar-refractivity contribution in [2.45, 2.75) is 51.8 Å². The summed E-state index contributed by atoms with van der Waals surface area (Å²) in [5, 5.41) is 3.25. The Morgan fingerprint density at radius 1 is 1.40 bits per heavy atom. The minimum absolute atomic E-state index is 0.171. The molecule has 2 rings (SSSR count). The zero-order chi connectivity index (χ0) is 14.9. The molecule has 4 nitrogen and oxygen atoms in total. The van der Waals surface area contributed by atoms with E-state index in [4.69, 9.17) is 9.47 Å². The van der Waals surface area contributed by atoms with Crippen LogP contribution in [0.15, 0.2) is 18.2 Å². The van der Waals surface area contributed by atoms with E-state index in [1.54, 1.807) is 0 Å². The number of nitrogens with one attached hydrogen (secondary N) is 1. The highest BCUT2D eigenvalue weighted by Crippen LogP contribution is 2.40. The topological polar surface area (TPSA) is 47.6 Å². The highest BCUT2D eigenvalue weighted by Gasteiger charge is 2.35. The second-order valence-electron chi connectivity index (χ2n) is 6.15. The summed E-state index contributed by atoms with van der Waals surface area (Å²) in [4.78, 5) is 12.1. The number of ether oxygens (including phenoxy) is 2. The molecule has 0 fully saturated rings. The molecule has 1 aliphatic rings. The van der Waals surface area contributed by atoms with Crippen molar-refractivity contribution in [2.75, 3.05) is 7.11 Å². The molecule has 4 heteroatoms. The van der Waals surface area contributed by atoms with Gasteiger partial charge >= 0.3 is 5.97 Å². The van der Waals surface area contributed by atoms with E-state index in [1.165, 1.54) is 7.11 Å². The molecule has 0 bridgehead atoms. The van der Waals surface area contributed by atoms with Crippen molar-refractivity contribution in [2.24, 2.45) is 0 Å². The van der Waals surface area contributed by atoms with E-state index in [2.05, 4.69) is 25.2 Å². The summed E-state index contributed by atoms with van der Waals surface area (Å²) >= 11 is 0. The smallest absolute Gasteiger partial charge is 0.327 e. The van der Waals surface area contributed by atoms with E-state index >= 15 is 0 Å². The van der Waals surface area contributed by atoms with E-state index in [1.807, 2.05) is 26.0 Å². The third-order valence-electron chi connectivity index (χ3n) is 3.37. The molecule has 1 atom stereocenters. The van der Waals surface area contributed by atoms with Crippen LogP contribution in [-0.4, -0.2) is 24.7 Å². The average molecular weight is 277 g/mol. The highest BCUT2D eigenvalue weighted by atomic mass is 16.5. The molecule has 0 aliphatic carbocycles. The zero-order valence-corrected chi connectivity index (χ0v) is 12.8. The number of rotatable bonds is 4. The summed E-state index contributed by atoms with van der Waals surface area (Å²) in [6, 6.07) is 5.62. The SMILES string of the molecule is COC(=O)C(NC(C)C)c1cccc2c1OC(C)(C)C2. The van der Waals surface area contributed by atoms with Gasteiger partial charge in [0.05, 0.1) is 7.11 Å². The standard InChI is InChI=1S/C16H23NO3/c1-10(2)17-13(15(18)19-5)12-8-6-7-11-9-16(3,4)20-14(11)12/h6-8,10,13,17H,9H2,1-5H3. The molecule has 110 valence electrons. The van der Waals surface area contributed by atoms with Gasteiger partial charge in [-0.1, -0.05) is 18.2 Å². The molecule has 0 aromatic heterocycles. The number of carbonyl (C=O) groups is 1. The van der Waals surface area contributed by atoms with Crippen molar-refractivity contribution in [3.8, 4) is 5.75 Å². The van der Waals surface area contributed by atoms with Crippen LogP contribution >= 0.6 is 0 Å². The van der Waals surface area contributed by atoms with Gasteiger partial charge in [0.2, 0.25) is 0 Å². The molecule has 0 saturated carbocycles. The number of hydrogen-bond acceptors (Lipinski definition) is 4. The Bertz CT molecular complexity index is 508. The van der Waals surface area contributed by atoms with Gasteiger partial charge in [-0.05, 0) is 33.3 Å². The van der Waals surface area contributed by atoms with Crippen LogP contribution in [0.2, 0.25) is 0 Å². The minimum Gasteiger partial charge on any atom is -0.487 e. The van der Waals surface area contributed by atoms with Crippen molar-refractivity contribution in [1.29, 1.82) is 0 Å². The van der Waals surface area contributed by atoms with Gasteiger partial charge in [-0.3, -0.25) is 5.32 Å². The maximum absolute atomic E-state index is 12.1. The molecule has 0 amide bonds. The van der Waals surface area contributed by atoms with Crippen molar-refractivity contribution >= 4 is 5.97 Å². The number of esters is 1. The molecule has 1 aromatic carbocycles. The van der Waals surface area contributed by atoms with Gasteiger partial charge in [0.1, 0.15) is 17.4 Å². The summed E-state index contributed by atoms with van der Waals surface area (Å²) in [5.41, 5.74) is 1.78. The average Bonchev–Trinajstić information content (AvgIpc) is 2.68. The number of methoxy groups -OCH3 is 1. The summed E-state index contributed by atoms with van der Waals surface area (Å²) in [5.74, 6) is 0.529. The van der Waals surface area contributed by atoms with Crippen molar-refractivity contribution in [3.05, 3.63) is 29.3 Å². The molecule has 0 saturated heterocycles. The first-order valence-corrected chi connectivity index (χ1v) is 6.99. The van der Waals surface area contributed by atoms with Gasteiger partial charge in [0.25, 0.3) is 0 Å². The van der Waals surface area contributed by atoms with Crippen molar-refractivity contribution < 1.29 is 14.3 Å². The maximum Gasteiger partial charge on any atom is 0.327 e. The van der Waals surface area contributed by atoms with E-state index < -0.39 is 6.04 Å². The largest absolute Gasteiger partial charge is 0.487 e. The van der Waals surface area contributed by atoms with Gasteiger partial charge in [-0.25, -0.2) is 4.79 Å². The zero-order valence-electron chi connectivity index (χ0n) is 12.8. The fourth-order valence-electron chi connectivity index (χ4n) is 2.60. The van der Waals surface area contributed by atoms with E-state index in [9.17, 15) is 4.79 Å². The number of para-hydroxylation sites is 1. The van der Waals surface area contributed by atoms with Crippen LogP contribution in [0.4, 0.5) is 0 Å². The first-order chi connectivity index (χ1) is 9.34. The summed E-state index contributed by atoms with van der Waals surface area (Å²) in [7, 11) is 1.41. The molecule has 20 heavy (non-hydrogen) atoms. The Morgan fingerprint density at radius 2 is 2.10 bits per heavy atom. The Labute approximate surface area is 120 Å². The van der Waals surface area contributed by atoms with Crippen LogP contribution in [0.25, 0.3) is 0 Å². The van der Waals surface area contributed by atoms with Crippen molar-refractivity contribution in [3.63, 3.8) is 0 Å². The van der Waals surface area contributed by atoms with E-state index in [0.717, 1.165) is 23.3 Å². The molecular formula is C16H23NO3. The minimum atomic E-state index is -0.496. The second-order valence-corrected chi connectivity index (χ2v) is 6.15. The molecule has 0 spiro atoms. The lowest BCUT2D eigenvalue weighted by molar-refractivity contribution is -0.143. The summed E-state index contributed by atoms with van der Waals surface area (Å²) in [6.07, 6.45) is 0.853. The van der Waals surface area contributed by atoms with Crippen LogP contribution in [0.1, 0.15) is 44.9 Å². The van der Waals surface area contributed by atoms with Crippen LogP contribution in [0.5, 0.6) is 5.75 Å². The lowest BCUT2D eigenvalue weighted by Crippen LogP contribution is -2.35. The number of carbonyl (C=O) groups excluding carboxylic acids is 1. The van der Waals surface area contributed by atoms with Gasteiger partial charge < -0.3 is 9.47 Å². The molecule has 1 aliphatic heterocycles. The van der Waals surface area contributed by atoms with Gasteiger partial charge in [-0.15, -0.1) is 0 Å². The summed E-state index contributed by atoms with van der Waals surface area (Å²) < 4.78 is 11.0. The van der Waals surface area contributed by atoms with Crippen molar-refractivity contribution in [1.82, 2.24) is 5.32 Å². The maximum atomic E-state index is 12.1. The van der Waals surface area contributed by atoms with E-state index in [0.29, 0.717) is 0 Å². The Balaban J connectivity index is 2.41. The van der Waals surface area contributed by atoms with Gasteiger partial charge in [0.15, 0.2) is 0 Å². The Morgan fingerprint density at radius 3 is 2.70 bits per heavy atom. The summed E-state index contributed by atoms with van der Waals surface area (Å²) in [6.45, 7) is 8.12. The lowest BCUT2D eigenvalue weighted by Gasteiger charge is -2.23. The van der Waals surface area contributed by atoms with E-state index in [-0.39, 0.29) is 17.6 Å². The monoisotopic (exact) mass is 277 g/mol. The molecule has 1 N–H and O–H groups in total.